The van der Waals surface area contributed by atoms with Crippen LogP contribution in [0, 0.1) is 0 Å². The first-order valence-corrected chi connectivity index (χ1v) is 12.4. The number of likely N-dealkylation sites (tertiary alicyclic amines) is 1. The standard InChI is InChI=1S/C23H29N3O4S2/c1-3-15(4-2)12-16-13-17(32-14-16)7-8-24-21(29)19(27)20(28)23(30)26-10-5-6-18(26)22-25-9-11-31-22/h3-4,9,11,13-14,18-20,27-28H,1,5-8,10,12H2,2H3,(H,24,29)/b15-4+/t18-,19-,20-/m1/s1. The zero-order valence-electron chi connectivity index (χ0n) is 18.1. The van der Waals surface area contributed by atoms with Crippen molar-refractivity contribution in [1.82, 2.24) is 15.2 Å². The van der Waals surface area contributed by atoms with Gasteiger partial charge < -0.3 is 20.4 Å². The number of aromatic nitrogens is 1. The fourth-order valence-electron chi connectivity index (χ4n) is 3.73. The first-order chi connectivity index (χ1) is 15.4. The molecule has 3 atom stereocenters. The van der Waals surface area contributed by atoms with Gasteiger partial charge in [0.2, 0.25) is 0 Å². The van der Waals surface area contributed by atoms with Crippen molar-refractivity contribution < 1.29 is 19.8 Å². The maximum atomic E-state index is 12.7. The Morgan fingerprint density at radius 2 is 2.19 bits per heavy atom. The summed E-state index contributed by atoms with van der Waals surface area (Å²) in [6.07, 6.45) is 4.88. The SMILES string of the molecule is C=C/C(=C\C)Cc1csc(CCNC(=O)[C@H](O)[C@@H](O)C(=O)N2CCC[C@@H]2c2nccs2)c1. The van der Waals surface area contributed by atoms with Crippen LogP contribution in [-0.4, -0.2) is 57.2 Å². The summed E-state index contributed by atoms with van der Waals surface area (Å²) in [4.78, 5) is 31.9. The van der Waals surface area contributed by atoms with E-state index in [2.05, 4.69) is 28.3 Å². The topological polar surface area (TPSA) is 103 Å². The number of allylic oxidation sites excluding steroid dienone is 3. The Hall–Kier alpha value is -2.33. The van der Waals surface area contributed by atoms with Crippen LogP contribution in [0.5, 0.6) is 0 Å². The molecule has 0 radical (unpaired) electrons. The van der Waals surface area contributed by atoms with Crippen molar-refractivity contribution in [2.75, 3.05) is 13.1 Å². The molecule has 0 bridgehead atoms. The summed E-state index contributed by atoms with van der Waals surface area (Å²) >= 11 is 3.06. The largest absolute Gasteiger partial charge is 0.380 e. The highest BCUT2D eigenvalue weighted by Gasteiger charge is 2.39. The molecule has 0 aromatic carbocycles. The van der Waals surface area contributed by atoms with Crippen LogP contribution in [0.2, 0.25) is 0 Å². The van der Waals surface area contributed by atoms with Crippen molar-refractivity contribution >= 4 is 34.5 Å². The molecule has 7 nitrogen and oxygen atoms in total. The smallest absolute Gasteiger partial charge is 0.255 e. The minimum Gasteiger partial charge on any atom is -0.380 e. The lowest BCUT2D eigenvalue weighted by Gasteiger charge is -2.27. The van der Waals surface area contributed by atoms with Crippen LogP contribution in [0.1, 0.15) is 41.3 Å². The van der Waals surface area contributed by atoms with E-state index >= 15 is 0 Å². The third-order valence-electron chi connectivity index (χ3n) is 5.51. The van der Waals surface area contributed by atoms with Crippen molar-refractivity contribution in [2.45, 2.75) is 50.9 Å². The monoisotopic (exact) mass is 475 g/mol. The van der Waals surface area contributed by atoms with Crippen molar-refractivity contribution in [3.8, 4) is 0 Å². The van der Waals surface area contributed by atoms with Gasteiger partial charge in [-0.1, -0.05) is 18.7 Å². The molecule has 2 aromatic heterocycles. The Balaban J connectivity index is 1.48. The first kappa shape index (κ1) is 24.3. The van der Waals surface area contributed by atoms with Crippen molar-refractivity contribution in [3.05, 3.63) is 62.8 Å². The molecule has 1 saturated heterocycles. The summed E-state index contributed by atoms with van der Waals surface area (Å²) in [5, 5.41) is 27.9. The minimum absolute atomic E-state index is 0.218. The number of carbonyl (C=O) groups excluding carboxylic acids is 2. The molecule has 3 N–H and O–H groups in total. The number of nitrogens with zero attached hydrogens (tertiary/aromatic N) is 2. The molecular formula is C23H29N3O4S2. The van der Waals surface area contributed by atoms with Crippen LogP contribution in [-0.2, 0) is 22.4 Å². The molecule has 1 fully saturated rings. The Morgan fingerprint density at radius 1 is 1.38 bits per heavy atom. The van der Waals surface area contributed by atoms with Crippen LogP contribution in [0.15, 0.2) is 47.3 Å². The molecule has 3 heterocycles. The summed E-state index contributed by atoms with van der Waals surface area (Å²) in [5.74, 6) is -1.40. The van der Waals surface area contributed by atoms with E-state index in [9.17, 15) is 19.8 Å². The van der Waals surface area contributed by atoms with Gasteiger partial charge >= 0.3 is 0 Å². The summed E-state index contributed by atoms with van der Waals surface area (Å²) in [6.45, 7) is 6.56. The molecule has 1 aliphatic rings. The summed E-state index contributed by atoms with van der Waals surface area (Å²) < 4.78 is 0. The molecule has 2 aromatic rings. The highest BCUT2D eigenvalue weighted by Crippen LogP contribution is 2.33. The zero-order valence-corrected chi connectivity index (χ0v) is 19.7. The molecule has 172 valence electrons. The summed E-state index contributed by atoms with van der Waals surface area (Å²) in [5.41, 5.74) is 2.34. The van der Waals surface area contributed by atoms with E-state index in [0.29, 0.717) is 19.5 Å². The molecule has 0 unspecified atom stereocenters. The van der Waals surface area contributed by atoms with Gasteiger partial charge in [-0.05, 0) is 55.2 Å². The van der Waals surface area contributed by atoms with Crippen LogP contribution in [0.25, 0.3) is 0 Å². The second kappa shape index (κ2) is 11.5. The predicted octanol–water partition coefficient (Wildman–Crippen LogP) is 2.62. The van der Waals surface area contributed by atoms with E-state index in [4.69, 9.17) is 0 Å². The lowest BCUT2D eigenvalue weighted by molar-refractivity contribution is -0.153. The maximum Gasteiger partial charge on any atom is 0.255 e. The number of thiazole rings is 1. The molecule has 32 heavy (non-hydrogen) atoms. The fraction of sp³-hybridized carbons (Fsp3) is 0.435. The van der Waals surface area contributed by atoms with Crippen LogP contribution >= 0.6 is 22.7 Å². The maximum absolute atomic E-state index is 12.7. The third kappa shape index (κ3) is 5.92. The van der Waals surface area contributed by atoms with Crippen LogP contribution < -0.4 is 5.32 Å². The number of nitrogens with one attached hydrogen (secondary N) is 1. The quantitative estimate of drug-likeness (QED) is 0.459. The van der Waals surface area contributed by atoms with Crippen molar-refractivity contribution in [2.24, 2.45) is 0 Å². The average molecular weight is 476 g/mol. The highest BCUT2D eigenvalue weighted by atomic mass is 32.1. The number of aliphatic hydroxyl groups excluding tert-OH is 2. The number of aliphatic hydroxyl groups is 2. The van der Waals surface area contributed by atoms with E-state index in [0.717, 1.165) is 34.7 Å². The van der Waals surface area contributed by atoms with Gasteiger partial charge in [-0.2, -0.15) is 0 Å². The lowest BCUT2D eigenvalue weighted by Crippen LogP contribution is -2.50. The number of hydrogen-bond donors (Lipinski definition) is 3. The van der Waals surface area contributed by atoms with E-state index in [1.54, 1.807) is 17.5 Å². The van der Waals surface area contributed by atoms with Crippen LogP contribution in [0.3, 0.4) is 0 Å². The van der Waals surface area contributed by atoms with E-state index < -0.39 is 24.0 Å². The zero-order chi connectivity index (χ0) is 23.1. The first-order valence-electron chi connectivity index (χ1n) is 10.6. The predicted molar refractivity (Wildman–Crippen MR) is 127 cm³/mol. The average Bonchev–Trinajstić information content (AvgIpc) is 3.57. The molecule has 2 amide bonds. The molecule has 0 saturated carbocycles. The molecule has 0 spiro atoms. The van der Waals surface area contributed by atoms with Gasteiger partial charge in [0.25, 0.3) is 11.8 Å². The molecule has 9 heteroatoms. The molecular weight excluding hydrogens is 446 g/mol. The van der Waals surface area contributed by atoms with Gasteiger partial charge in [-0.15, -0.1) is 22.7 Å². The lowest BCUT2D eigenvalue weighted by atomic mass is 10.1. The molecule has 0 aliphatic carbocycles. The van der Waals surface area contributed by atoms with Crippen molar-refractivity contribution in [3.63, 3.8) is 0 Å². The second-order valence-corrected chi connectivity index (χ2v) is 9.58. The number of carbonyl (C=O) groups is 2. The highest BCUT2D eigenvalue weighted by molar-refractivity contribution is 7.10. The van der Waals surface area contributed by atoms with Gasteiger partial charge in [0.1, 0.15) is 5.01 Å². The molecule has 3 rings (SSSR count). The Kier molecular flexibility index (Phi) is 8.75. The van der Waals surface area contributed by atoms with E-state index in [1.807, 2.05) is 24.5 Å². The van der Waals surface area contributed by atoms with Crippen LogP contribution in [0.4, 0.5) is 0 Å². The normalized spacial score (nSPS) is 18.4. The summed E-state index contributed by atoms with van der Waals surface area (Å²) in [7, 11) is 0. The molecule has 1 aliphatic heterocycles. The second-order valence-electron chi connectivity index (χ2n) is 7.66. The van der Waals surface area contributed by atoms with Gasteiger partial charge in [0.15, 0.2) is 12.2 Å². The van der Waals surface area contributed by atoms with Gasteiger partial charge in [-0.3, -0.25) is 9.59 Å². The van der Waals surface area contributed by atoms with Crippen molar-refractivity contribution in [1.29, 1.82) is 0 Å². The van der Waals surface area contributed by atoms with Gasteiger partial charge in [0, 0.05) is 29.5 Å². The number of amides is 2. The van der Waals surface area contributed by atoms with E-state index in [-0.39, 0.29) is 6.04 Å². The number of thiophene rings is 1. The van der Waals surface area contributed by atoms with Gasteiger partial charge in [0.05, 0.1) is 6.04 Å². The Labute approximate surface area is 196 Å². The Morgan fingerprint density at radius 3 is 2.88 bits per heavy atom. The number of rotatable bonds is 10. The van der Waals surface area contributed by atoms with Gasteiger partial charge in [-0.25, -0.2) is 4.98 Å². The van der Waals surface area contributed by atoms with E-state index in [1.165, 1.54) is 21.8 Å². The Bertz CT molecular complexity index is 954. The third-order valence-corrected chi connectivity index (χ3v) is 7.44. The minimum atomic E-state index is -1.82. The summed E-state index contributed by atoms with van der Waals surface area (Å²) in [6, 6.07) is 1.87. The number of hydrogen-bond acceptors (Lipinski definition) is 7. The fourth-order valence-corrected chi connectivity index (χ4v) is 5.40.